The van der Waals surface area contributed by atoms with Crippen LogP contribution in [-0.2, 0) is 0 Å². The molecular weight excluding hydrogens is 325 g/mol. The normalized spacial score (nSPS) is 22.4. The van der Waals surface area contributed by atoms with Gasteiger partial charge in [0, 0.05) is 20.1 Å². The van der Waals surface area contributed by atoms with Gasteiger partial charge in [0.1, 0.15) is 0 Å². The molecule has 3 nitrogen and oxygen atoms in total. The van der Waals surface area contributed by atoms with Crippen molar-refractivity contribution in [3.8, 4) is 0 Å². The number of nitrogens with one attached hydrogen (secondary N) is 1. The van der Waals surface area contributed by atoms with Crippen LogP contribution in [0.2, 0.25) is 0 Å². The van der Waals surface area contributed by atoms with Crippen molar-refractivity contribution in [2.75, 3.05) is 26.7 Å². The summed E-state index contributed by atoms with van der Waals surface area (Å²) in [7, 11) is 2.12. The SMILES string of the molecule is CN1CCN=C1NCC1CCCCCCC1.I. The van der Waals surface area contributed by atoms with E-state index in [-0.39, 0.29) is 24.0 Å². The van der Waals surface area contributed by atoms with Crippen molar-refractivity contribution in [2.45, 2.75) is 44.9 Å². The van der Waals surface area contributed by atoms with E-state index in [1.807, 2.05) is 0 Å². The van der Waals surface area contributed by atoms with Crippen molar-refractivity contribution in [1.29, 1.82) is 0 Å². The summed E-state index contributed by atoms with van der Waals surface area (Å²) in [6.07, 6.45) is 10.0. The van der Waals surface area contributed by atoms with Crippen molar-refractivity contribution in [2.24, 2.45) is 10.9 Å². The lowest BCUT2D eigenvalue weighted by molar-refractivity contribution is 0.371. The summed E-state index contributed by atoms with van der Waals surface area (Å²) in [6.45, 7) is 3.17. The van der Waals surface area contributed by atoms with Gasteiger partial charge in [0.2, 0.25) is 0 Å². The fourth-order valence-electron chi connectivity index (χ4n) is 2.70. The molecular formula is C13H26IN3. The number of halogens is 1. The standard InChI is InChI=1S/C13H25N3.HI/c1-16-10-9-14-13(16)15-11-12-7-5-3-2-4-6-8-12;/h12H,2-11H2,1H3,(H,14,15);1H. The largest absolute Gasteiger partial charge is 0.356 e. The highest BCUT2D eigenvalue weighted by Crippen LogP contribution is 2.21. The molecule has 2 rings (SSSR count). The minimum Gasteiger partial charge on any atom is -0.356 e. The van der Waals surface area contributed by atoms with E-state index in [0.717, 1.165) is 31.5 Å². The Morgan fingerprint density at radius 1 is 1.18 bits per heavy atom. The number of aliphatic imine (C=N–C) groups is 1. The molecule has 0 unspecified atom stereocenters. The molecule has 0 saturated heterocycles. The number of nitrogens with zero attached hydrogens (tertiary/aromatic N) is 2. The molecule has 1 aliphatic heterocycles. The number of guanidine groups is 1. The summed E-state index contributed by atoms with van der Waals surface area (Å²) in [5, 5.41) is 3.53. The predicted octanol–water partition coefficient (Wildman–Crippen LogP) is 2.86. The highest BCUT2D eigenvalue weighted by atomic mass is 127. The third kappa shape index (κ3) is 5.02. The molecule has 1 aliphatic carbocycles. The Morgan fingerprint density at radius 3 is 2.41 bits per heavy atom. The average Bonchev–Trinajstić information content (AvgIpc) is 2.63. The van der Waals surface area contributed by atoms with E-state index in [1.54, 1.807) is 0 Å². The molecule has 0 aromatic carbocycles. The lowest BCUT2D eigenvalue weighted by Gasteiger charge is -2.22. The van der Waals surface area contributed by atoms with E-state index in [0.29, 0.717) is 0 Å². The Morgan fingerprint density at radius 2 is 1.82 bits per heavy atom. The summed E-state index contributed by atoms with van der Waals surface area (Å²) >= 11 is 0. The molecule has 0 aromatic heterocycles. The van der Waals surface area contributed by atoms with E-state index in [1.165, 1.54) is 44.9 Å². The molecule has 1 saturated carbocycles. The topological polar surface area (TPSA) is 27.6 Å². The number of rotatable bonds is 2. The maximum atomic E-state index is 4.47. The minimum absolute atomic E-state index is 0. The molecule has 0 radical (unpaired) electrons. The van der Waals surface area contributed by atoms with Crippen LogP contribution in [-0.4, -0.2) is 37.5 Å². The molecule has 17 heavy (non-hydrogen) atoms. The second-order valence-corrected chi connectivity index (χ2v) is 5.22. The molecule has 1 fully saturated rings. The van der Waals surface area contributed by atoms with Crippen molar-refractivity contribution >= 4 is 29.9 Å². The van der Waals surface area contributed by atoms with E-state index in [4.69, 9.17) is 0 Å². The molecule has 0 atom stereocenters. The molecule has 0 aromatic rings. The van der Waals surface area contributed by atoms with Gasteiger partial charge in [0.05, 0.1) is 6.54 Å². The van der Waals surface area contributed by atoms with Gasteiger partial charge in [0.25, 0.3) is 0 Å². The Balaban J connectivity index is 0.00000144. The van der Waals surface area contributed by atoms with Crippen molar-refractivity contribution in [3.63, 3.8) is 0 Å². The second-order valence-electron chi connectivity index (χ2n) is 5.22. The number of hydrogen-bond acceptors (Lipinski definition) is 3. The summed E-state index contributed by atoms with van der Waals surface area (Å²) in [5.74, 6) is 1.99. The smallest absolute Gasteiger partial charge is 0.193 e. The van der Waals surface area contributed by atoms with Crippen molar-refractivity contribution < 1.29 is 0 Å². The van der Waals surface area contributed by atoms with E-state index < -0.39 is 0 Å². The maximum absolute atomic E-state index is 4.47. The van der Waals surface area contributed by atoms with Gasteiger partial charge in [-0.05, 0) is 18.8 Å². The maximum Gasteiger partial charge on any atom is 0.193 e. The van der Waals surface area contributed by atoms with E-state index >= 15 is 0 Å². The van der Waals surface area contributed by atoms with Crippen LogP contribution in [0.1, 0.15) is 44.9 Å². The Bertz CT molecular complexity index is 235. The summed E-state index contributed by atoms with van der Waals surface area (Å²) in [4.78, 5) is 6.70. The van der Waals surface area contributed by atoms with Crippen LogP contribution >= 0.6 is 24.0 Å². The zero-order valence-corrected chi connectivity index (χ0v) is 13.3. The average molecular weight is 351 g/mol. The van der Waals surface area contributed by atoms with Crippen LogP contribution in [0.5, 0.6) is 0 Å². The van der Waals surface area contributed by atoms with Crippen LogP contribution in [0.15, 0.2) is 4.99 Å². The van der Waals surface area contributed by atoms with Crippen molar-refractivity contribution in [3.05, 3.63) is 0 Å². The third-order valence-corrected chi connectivity index (χ3v) is 3.83. The first-order valence-electron chi connectivity index (χ1n) is 6.86. The highest BCUT2D eigenvalue weighted by molar-refractivity contribution is 14.0. The lowest BCUT2D eigenvalue weighted by atomic mass is 9.91. The third-order valence-electron chi connectivity index (χ3n) is 3.83. The lowest BCUT2D eigenvalue weighted by Crippen LogP contribution is -2.38. The number of likely N-dealkylation sites (N-methyl/N-ethyl adjacent to an activating group) is 1. The first-order chi connectivity index (χ1) is 7.86. The first-order valence-corrected chi connectivity index (χ1v) is 6.86. The van der Waals surface area contributed by atoms with Crippen LogP contribution < -0.4 is 5.32 Å². The van der Waals surface area contributed by atoms with Crippen LogP contribution in [0.25, 0.3) is 0 Å². The fraction of sp³-hybridized carbons (Fsp3) is 0.923. The zero-order chi connectivity index (χ0) is 11.2. The zero-order valence-electron chi connectivity index (χ0n) is 11.0. The Hall–Kier alpha value is 0. The van der Waals surface area contributed by atoms with Crippen LogP contribution in [0.3, 0.4) is 0 Å². The van der Waals surface area contributed by atoms with E-state index in [2.05, 4.69) is 22.3 Å². The first kappa shape index (κ1) is 15.1. The summed E-state index contributed by atoms with van der Waals surface area (Å²) in [6, 6.07) is 0. The molecule has 2 aliphatic rings. The molecule has 1 N–H and O–H groups in total. The molecule has 0 bridgehead atoms. The van der Waals surface area contributed by atoms with Crippen LogP contribution in [0, 0.1) is 5.92 Å². The van der Waals surface area contributed by atoms with Gasteiger partial charge in [-0.15, -0.1) is 24.0 Å². The molecule has 0 amide bonds. The van der Waals surface area contributed by atoms with Gasteiger partial charge >= 0.3 is 0 Å². The predicted molar refractivity (Wildman–Crippen MR) is 84.2 cm³/mol. The van der Waals surface area contributed by atoms with Crippen LogP contribution in [0.4, 0.5) is 0 Å². The van der Waals surface area contributed by atoms with Gasteiger partial charge < -0.3 is 10.2 Å². The van der Waals surface area contributed by atoms with Gasteiger partial charge in [-0.3, -0.25) is 4.99 Å². The Labute approximate surface area is 122 Å². The highest BCUT2D eigenvalue weighted by Gasteiger charge is 2.15. The molecule has 0 spiro atoms. The quantitative estimate of drug-likeness (QED) is 0.775. The molecule has 4 heteroatoms. The fourth-order valence-corrected chi connectivity index (χ4v) is 2.70. The second kappa shape index (κ2) is 8.16. The van der Waals surface area contributed by atoms with Crippen molar-refractivity contribution in [1.82, 2.24) is 10.2 Å². The minimum atomic E-state index is 0. The summed E-state index contributed by atoms with van der Waals surface area (Å²) in [5.41, 5.74) is 0. The van der Waals surface area contributed by atoms with Gasteiger partial charge in [-0.1, -0.05) is 32.1 Å². The van der Waals surface area contributed by atoms with Gasteiger partial charge in [-0.25, -0.2) is 0 Å². The molecule has 1 heterocycles. The van der Waals surface area contributed by atoms with Gasteiger partial charge in [-0.2, -0.15) is 0 Å². The molecule has 100 valence electrons. The monoisotopic (exact) mass is 351 g/mol. The Kier molecular flexibility index (Phi) is 7.23. The summed E-state index contributed by atoms with van der Waals surface area (Å²) < 4.78 is 0. The van der Waals surface area contributed by atoms with E-state index in [9.17, 15) is 0 Å². The van der Waals surface area contributed by atoms with Gasteiger partial charge in [0.15, 0.2) is 5.96 Å². The number of hydrogen-bond donors (Lipinski definition) is 1.